The van der Waals surface area contributed by atoms with E-state index in [4.69, 9.17) is 0 Å². The summed E-state index contributed by atoms with van der Waals surface area (Å²) in [4.78, 5) is 13.6. The molecule has 0 radical (unpaired) electrons. The zero-order chi connectivity index (χ0) is 13.2. The minimum Gasteiger partial charge on any atom is -0.342 e. The number of rotatable bonds is 1. The van der Waals surface area contributed by atoms with Crippen molar-refractivity contribution < 1.29 is 18.0 Å². The Bertz CT molecular complexity index is 300. The number of amides is 1. The monoisotopic (exact) mass is 264 g/mol. The van der Waals surface area contributed by atoms with Crippen molar-refractivity contribution in [3.05, 3.63) is 0 Å². The molecule has 18 heavy (non-hydrogen) atoms. The van der Waals surface area contributed by atoms with Crippen LogP contribution in [-0.2, 0) is 4.79 Å². The van der Waals surface area contributed by atoms with E-state index in [2.05, 4.69) is 5.32 Å². The van der Waals surface area contributed by atoms with Crippen LogP contribution in [0.15, 0.2) is 0 Å². The van der Waals surface area contributed by atoms with Crippen LogP contribution in [0.3, 0.4) is 0 Å². The standard InChI is InChI=1S/C12H19F3N2O/c13-12(14,15)10-4-2-6-17(8-10)11(18)9-3-1-5-16-7-9/h9-10,16H,1-8H2. The molecular weight excluding hydrogens is 245 g/mol. The highest BCUT2D eigenvalue weighted by atomic mass is 19.4. The second-order valence-electron chi connectivity index (χ2n) is 5.21. The maximum Gasteiger partial charge on any atom is 0.393 e. The molecule has 2 saturated heterocycles. The number of likely N-dealkylation sites (tertiary alicyclic amines) is 1. The van der Waals surface area contributed by atoms with Gasteiger partial charge in [-0.25, -0.2) is 0 Å². The van der Waals surface area contributed by atoms with E-state index in [1.807, 2.05) is 0 Å². The number of hydrogen-bond donors (Lipinski definition) is 1. The summed E-state index contributed by atoms with van der Waals surface area (Å²) in [7, 11) is 0. The molecule has 0 bridgehead atoms. The van der Waals surface area contributed by atoms with Crippen molar-refractivity contribution in [3.8, 4) is 0 Å². The van der Waals surface area contributed by atoms with Gasteiger partial charge in [0.2, 0.25) is 5.91 Å². The molecule has 104 valence electrons. The zero-order valence-corrected chi connectivity index (χ0v) is 10.3. The van der Waals surface area contributed by atoms with Crippen LogP contribution >= 0.6 is 0 Å². The topological polar surface area (TPSA) is 32.3 Å². The molecule has 2 rings (SSSR count). The molecule has 0 saturated carbocycles. The maximum absolute atomic E-state index is 12.7. The quantitative estimate of drug-likeness (QED) is 0.783. The average Bonchev–Trinajstić information content (AvgIpc) is 2.38. The van der Waals surface area contributed by atoms with Crippen LogP contribution < -0.4 is 5.32 Å². The van der Waals surface area contributed by atoms with Crippen LogP contribution in [0.2, 0.25) is 0 Å². The zero-order valence-electron chi connectivity index (χ0n) is 10.3. The average molecular weight is 264 g/mol. The number of nitrogens with zero attached hydrogens (tertiary/aromatic N) is 1. The van der Waals surface area contributed by atoms with Crippen LogP contribution in [0.25, 0.3) is 0 Å². The third-order valence-electron chi connectivity index (χ3n) is 3.84. The van der Waals surface area contributed by atoms with Crippen molar-refractivity contribution >= 4 is 5.91 Å². The van der Waals surface area contributed by atoms with Crippen molar-refractivity contribution in [1.82, 2.24) is 10.2 Å². The SMILES string of the molecule is O=C(C1CCCNC1)N1CCCC(C(F)(F)F)C1. The largest absolute Gasteiger partial charge is 0.393 e. The lowest BCUT2D eigenvalue weighted by atomic mass is 9.93. The van der Waals surface area contributed by atoms with Gasteiger partial charge in [0, 0.05) is 19.6 Å². The van der Waals surface area contributed by atoms with Crippen LogP contribution in [0.5, 0.6) is 0 Å². The molecule has 1 N–H and O–H groups in total. The van der Waals surface area contributed by atoms with E-state index in [1.165, 1.54) is 4.90 Å². The van der Waals surface area contributed by atoms with Gasteiger partial charge >= 0.3 is 6.18 Å². The van der Waals surface area contributed by atoms with E-state index in [0.717, 1.165) is 19.4 Å². The highest BCUT2D eigenvalue weighted by molar-refractivity contribution is 5.79. The van der Waals surface area contributed by atoms with Crippen molar-refractivity contribution in [2.75, 3.05) is 26.2 Å². The van der Waals surface area contributed by atoms with Crippen LogP contribution in [0.1, 0.15) is 25.7 Å². The minimum atomic E-state index is -4.18. The third kappa shape index (κ3) is 3.16. The van der Waals surface area contributed by atoms with E-state index in [-0.39, 0.29) is 24.8 Å². The molecular formula is C12H19F3N2O. The van der Waals surface area contributed by atoms with Crippen molar-refractivity contribution in [2.45, 2.75) is 31.9 Å². The predicted molar refractivity (Wildman–Crippen MR) is 61.0 cm³/mol. The maximum atomic E-state index is 12.7. The summed E-state index contributed by atoms with van der Waals surface area (Å²) in [5.74, 6) is -1.58. The Balaban J connectivity index is 1.93. The molecule has 0 aliphatic carbocycles. The van der Waals surface area contributed by atoms with Gasteiger partial charge in [-0.3, -0.25) is 4.79 Å². The Labute approximate surface area is 105 Å². The first-order chi connectivity index (χ1) is 8.48. The Kier molecular flexibility index (Phi) is 4.14. The molecule has 3 nitrogen and oxygen atoms in total. The molecule has 2 unspecified atom stereocenters. The van der Waals surface area contributed by atoms with Gasteiger partial charge in [0.15, 0.2) is 0 Å². The van der Waals surface area contributed by atoms with E-state index < -0.39 is 12.1 Å². The molecule has 2 aliphatic heterocycles. The van der Waals surface area contributed by atoms with Gasteiger partial charge in [0.05, 0.1) is 11.8 Å². The number of piperidine rings is 2. The number of carbonyl (C=O) groups excluding carboxylic acids is 1. The Morgan fingerprint density at radius 2 is 2.00 bits per heavy atom. The number of hydrogen-bond acceptors (Lipinski definition) is 2. The van der Waals surface area contributed by atoms with Crippen LogP contribution in [-0.4, -0.2) is 43.2 Å². The number of nitrogens with one attached hydrogen (secondary N) is 1. The summed E-state index contributed by atoms with van der Waals surface area (Å²) in [6.07, 6.45) is -1.86. The normalized spacial score (nSPS) is 30.3. The third-order valence-corrected chi connectivity index (χ3v) is 3.84. The summed E-state index contributed by atoms with van der Waals surface area (Å²) in [6.45, 7) is 1.82. The lowest BCUT2D eigenvalue weighted by Crippen LogP contribution is -2.49. The summed E-state index contributed by atoms with van der Waals surface area (Å²) in [6, 6.07) is 0. The lowest BCUT2D eigenvalue weighted by molar-refractivity contribution is -0.188. The Hall–Kier alpha value is -0.780. The van der Waals surface area contributed by atoms with Crippen molar-refractivity contribution in [2.24, 2.45) is 11.8 Å². The fourth-order valence-corrected chi connectivity index (χ4v) is 2.77. The molecule has 1 amide bonds. The molecule has 2 atom stereocenters. The lowest BCUT2D eigenvalue weighted by Gasteiger charge is -2.36. The number of halogens is 3. The molecule has 2 heterocycles. The highest BCUT2D eigenvalue weighted by Crippen LogP contribution is 2.33. The van der Waals surface area contributed by atoms with Crippen molar-refractivity contribution in [3.63, 3.8) is 0 Å². The molecule has 2 fully saturated rings. The number of carbonyl (C=O) groups is 1. The van der Waals surface area contributed by atoms with E-state index in [1.54, 1.807) is 0 Å². The van der Waals surface area contributed by atoms with Crippen LogP contribution in [0.4, 0.5) is 13.2 Å². The first-order valence-corrected chi connectivity index (χ1v) is 6.54. The summed E-state index contributed by atoms with van der Waals surface area (Å²) in [5, 5.41) is 3.13. The fraction of sp³-hybridized carbons (Fsp3) is 0.917. The van der Waals surface area contributed by atoms with E-state index >= 15 is 0 Å². The van der Waals surface area contributed by atoms with Crippen molar-refractivity contribution in [1.29, 1.82) is 0 Å². The van der Waals surface area contributed by atoms with Gasteiger partial charge in [0.25, 0.3) is 0 Å². The van der Waals surface area contributed by atoms with E-state index in [9.17, 15) is 18.0 Å². The number of alkyl halides is 3. The first-order valence-electron chi connectivity index (χ1n) is 6.54. The molecule has 0 aromatic heterocycles. The predicted octanol–water partition coefficient (Wildman–Crippen LogP) is 1.79. The highest BCUT2D eigenvalue weighted by Gasteiger charge is 2.43. The Morgan fingerprint density at radius 1 is 1.22 bits per heavy atom. The molecule has 0 aromatic rings. The summed E-state index contributed by atoms with van der Waals surface area (Å²) < 4.78 is 38.0. The fourth-order valence-electron chi connectivity index (χ4n) is 2.77. The Morgan fingerprint density at radius 3 is 2.61 bits per heavy atom. The van der Waals surface area contributed by atoms with Gasteiger partial charge in [-0.15, -0.1) is 0 Å². The van der Waals surface area contributed by atoms with Gasteiger partial charge in [0.1, 0.15) is 0 Å². The molecule has 0 spiro atoms. The van der Waals surface area contributed by atoms with Gasteiger partial charge in [-0.1, -0.05) is 0 Å². The smallest absolute Gasteiger partial charge is 0.342 e. The second-order valence-corrected chi connectivity index (χ2v) is 5.21. The van der Waals surface area contributed by atoms with Crippen LogP contribution in [0, 0.1) is 11.8 Å². The minimum absolute atomic E-state index is 0.101. The van der Waals surface area contributed by atoms with Gasteiger partial charge in [-0.2, -0.15) is 13.2 Å². The van der Waals surface area contributed by atoms with E-state index in [0.29, 0.717) is 19.5 Å². The molecule has 2 aliphatic rings. The first kappa shape index (κ1) is 13.6. The molecule has 0 aromatic carbocycles. The summed E-state index contributed by atoms with van der Waals surface area (Å²) in [5.41, 5.74) is 0. The molecule has 6 heteroatoms. The van der Waals surface area contributed by atoms with Gasteiger partial charge < -0.3 is 10.2 Å². The second kappa shape index (κ2) is 5.47. The van der Waals surface area contributed by atoms with Gasteiger partial charge in [-0.05, 0) is 32.2 Å². The summed E-state index contributed by atoms with van der Waals surface area (Å²) >= 11 is 0.